The van der Waals surface area contributed by atoms with E-state index in [2.05, 4.69) is 39.9 Å². The Morgan fingerprint density at radius 2 is 1.75 bits per heavy atom. The van der Waals surface area contributed by atoms with Crippen molar-refractivity contribution in [2.75, 3.05) is 13.6 Å². The predicted octanol–water partition coefficient (Wildman–Crippen LogP) is 2.91. The van der Waals surface area contributed by atoms with Crippen LogP contribution in [0.25, 0.3) is 0 Å². The van der Waals surface area contributed by atoms with E-state index in [9.17, 15) is 0 Å². The first-order valence-electron chi connectivity index (χ1n) is 5.08. The SMILES string of the molecule is CCC(C)C(CNC)C(C)(C)C. The van der Waals surface area contributed by atoms with Crippen molar-refractivity contribution >= 4 is 0 Å². The number of rotatable bonds is 4. The van der Waals surface area contributed by atoms with Crippen molar-refractivity contribution in [2.24, 2.45) is 17.3 Å². The summed E-state index contributed by atoms with van der Waals surface area (Å²) in [5, 5.41) is 3.29. The minimum absolute atomic E-state index is 0.429. The highest BCUT2D eigenvalue weighted by Gasteiger charge is 2.27. The van der Waals surface area contributed by atoms with Gasteiger partial charge in [-0.2, -0.15) is 0 Å². The second kappa shape index (κ2) is 4.86. The number of nitrogens with one attached hydrogen (secondary N) is 1. The van der Waals surface area contributed by atoms with E-state index in [0.717, 1.165) is 18.4 Å². The fourth-order valence-electron chi connectivity index (χ4n) is 1.87. The van der Waals surface area contributed by atoms with Gasteiger partial charge in [0.1, 0.15) is 0 Å². The molecule has 0 aliphatic heterocycles. The van der Waals surface area contributed by atoms with E-state index in [0.29, 0.717) is 5.41 Å². The smallest absolute Gasteiger partial charge is 0.00160 e. The molecule has 0 aliphatic carbocycles. The Bertz CT molecular complexity index is 113. The Labute approximate surface area is 77.9 Å². The van der Waals surface area contributed by atoms with E-state index < -0.39 is 0 Å². The van der Waals surface area contributed by atoms with Crippen LogP contribution in [0.1, 0.15) is 41.0 Å². The van der Waals surface area contributed by atoms with E-state index in [1.165, 1.54) is 6.42 Å². The largest absolute Gasteiger partial charge is 0.319 e. The van der Waals surface area contributed by atoms with Gasteiger partial charge in [-0.05, 0) is 30.8 Å². The molecule has 0 aromatic heterocycles. The fraction of sp³-hybridized carbons (Fsp3) is 1.00. The third kappa shape index (κ3) is 3.57. The molecule has 1 N–H and O–H groups in total. The van der Waals surface area contributed by atoms with Crippen LogP contribution >= 0.6 is 0 Å². The van der Waals surface area contributed by atoms with Crippen molar-refractivity contribution in [3.8, 4) is 0 Å². The zero-order valence-corrected chi connectivity index (χ0v) is 9.57. The Balaban J connectivity index is 4.22. The zero-order chi connectivity index (χ0) is 9.78. The fourth-order valence-corrected chi connectivity index (χ4v) is 1.87. The molecule has 0 aromatic rings. The summed E-state index contributed by atoms with van der Waals surface area (Å²) in [5.74, 6) is 1.60. The van der Waals surface area contributed by atoms with Crippen LogP contribution in [0.3, 0.4) is 0 Å². The topological polar surface area (TPSA) is 12.0 Å². The molecular weight excluding hydrogens is 146 g/mol. The normalized spacial score (nSPS) is 17.5. The Morgan fingerprint density at radius 1 is 1.25 bits per heavy atom. The average Bonchev–Trinajstić information content (AvgIpc) is 1.96. The zero-order valence-electron chi connectivity index (χ0n) is 9.57. The number of hydrogen-bond acceptors (Lipinski definition) is 1. The summed E-state index contributed by atoms with van der Waals surface area (Å²) in [6, 6.07) is 0. The van der Waals surface area contributed by atoms with Gasteiger partial charge in [0.2, 0.25) is 0 Å². The Hall–Kier alpha value is -0.0400. The summed E-state index contributed by atoms with van der Waals surface area (Å²) in [7, 11) is 2.04. The van der Waals surface area contributed by atoms with Crippen molar-refractivity contribution in [3.63, 3.8) is 0 Å². The van der Waals surface area contributed by atoms with Gasteiger partial charge in [-0.1, -0.05) is 41.0 Å². The lowest BCUT2D eigenvalue weighted by molar-refractivity contribution is 0.163. The lowest BCUT2D eigenvalue weighted by atomic mass is 9.73. The van der Waals surface area contributed by atoms with Gasteiger partial charge in [-0.3, -0.25) is 0 Å². The first kappa shape index (κ1) is 12.0. The molecule has 2 unspecified atom stereocenters. The van der Waals surface area contributed by atoms with Crippen LogP contribution in [-0.2, 0) is 0 Å². The maximum Gasteiger partial charge on any atom is -0.00160 e. The van der Waals surface area contributed by atoms with E-state index >= 15 is 0 Å². The van der Waals surface area contributed by atoms with Gasteiger partial charge >= 0.3 is 0 Å². The molecule has 1 heteroatoms. The molecule has 74 valence electrons. The van der Waals surface area contributed by atoms with Crippen LogP contribution in [0.5, 0.6) is 0 Å². The van der Waals surface area contributed by atoms with Crippen LogP contribution in [0, 0.1) is 17.3 Å². The van der Waals surface area contributed by atoms with Crippen molar-refractivity contribution in [2.45, 2.75) is 41.0 Å². The summed E-state index contributed by atoms with van der Waals surface area (Å²) >= 11 is 0. The lowest BCUT2D eigenvalue weighted by Crippen LogP contribution is -2.34. The van der Waals surface area contributed by atoms with Gasteiger partial charge in [0.05, 0.1) is 0 Å². The van der Waals surface area contributed by atoms with Crippen LogP contribution < -0.4 is 5.32 Å². The summed E-state index contributed by atoms with van der Waals surface area (Å²) in [4.78, 5) is 0. The maximum atomic E-state index is 3.29. The average molecular weight is 171 g/mol. The van der Waals surface area contributed by atoms with Crippen molar-refractivity contribution in [1.82, 2.24) is 5.32 Å². The molecule has 0 aliphatic rings. The van der Waals surface area contributed by atoms with Gasteiger partial charge in [0, 0.05) is 0 Å². The van der Waals surface area contributed by atoms with Crippen molar-refractivity contribution in [3.05, 3.63) is 0 Å². The van der Waals surface area contributed by atoms with Crippen LogP contribution in [0.2, 0.25) is 0 Å². The molecule has 0 fully saturated rings. The molecule has 12 heavy (non-hydrogen) atoms. The Morgan fingerprint density at radius 3 is 2.00 bits per heavy atom. The van der Waals surface area contributed by atoms with Gasteiger partial charge in [0.15, 0.2) is 0 Å². The molecule has 0 rings (SSSR count). The Kier molecular flexibility index (Phi) is 4.84. The summed E-state index contributed by atoms with van der Waals surface area (Å²) in [6.45, 7) is 12.8. The summed E-state index contributed by atoms with van der Waals surface area (Å²) < 4.78 is 0. The minimum atomic E-state index is 0.429. The summed E-state index contributed by atoms with van der Waals surface area (Å²) in [5.41, 5.74) is 0.429. The van der Waals surface area contributed by atoms with E-state index in [-0.39, 0.29) is 0 Å². The second-order valence-electron chi connectivity index (χ2n) is 4.92. The third-order valence-corrected chi connectivity index (χ3v) is 2.87. The molecule has 0 heterocycles. The van der Waals surface area contributed by atoms with Crippen LogP contribution in [0.4, 0.5) is 0 Å². The van der Waals surface area contributed by atoms with E-state index in [1.54, 1.807) is 0 Å². The van der Waals surface area contributed by atoms with Crippen LogP contribution in [0.15, 0.2) is 0 Å². The quantitative estimate of drug-likeness (QED) is 0.686. The molecule has 0 aromatic carbocycles. The molecule has 2 atom stereocenters. The first-order valence-corrected chi connectivity index (χ1v) is 5.08. The second-order valence-corrected chi connectivity index (χ2v) is 4.92. The molecule has 0 spiro atoms. The van der Waals surface area contributed by atoms with Crippen molar-refractivity contribution < 1.29 is 0 Å². The van der Waals surface area contributed by atoms with Gasteiger partial charge in [0.25, 0.3) is 0 Å². The molecule has 0 radical (unpaired) electrons. The van der Waals surface area contributed by atoms with Crippen molar-refractivity contribution in [1.29, 1.82) is 0 Å². The van der Waals surface area contributed by atoms with Gasteiger partial charge in [-0.15, -0.1) is 0 Å². The lowest BCUT2D eigenvalue weighted by Gasteiger charge is -2.35. The molecule has 1 nitrogen and oxygen atoms in total. The van der Waals surface area contributed by atoms with E-state index in [1.807, 2.05) is 7.05 Å². The highest BCUT2D eigenvalue weighted by atomic mass is 14.8. The predicted molar refractivity (Wildman–Crippen MR) is 56.3 cm³/mol. The molecule has 0 bridgehead atoms. The number of hydrogen-bond donors (Lipinski definition) is 1. The monoisotopic (exact) mass is 171 g/mol. The van der Waals surface area contributed by atoms with Gasteiger partial charge in [-0.25, -0.2) is 0 Å². The van der Waals surface area contributed by atoms with Crippen LogP contribution in [-0.4, -0.2) is 13.6 Å². The molecular formula is C11H25N. The minimum Gasteiger partial charge on any atom is -0.319 e. The third-order valence-electron chi connectivity index (χ3n) is 2.87. The standard InChI is InChI=1S/C11H25N/c1-7-9(2)10(8-12-6)11(3,4)5/h9-10,12H,7-8H2,1-6H3. The first-order chi connectivity index (χ1) is 5.43. The highest BCUT2D eigenvalue weighted by molar-refractivity contribution is 4.79. The molecule has 0 saturated heterocycles. The van der Waals surface area contributed by atoms with E-state index in [4.69, 9.17) is 0 Å². The van der Waals surface area contributed by atoms with Gasteiger partial charge < -0.3 is 5.32 Å². The highest BCUT2D eigenvalue weighted by Crippen LogP contribution is 2.32. The summed E-state index contributed by atoms with van der Waals surface area (Å²) in [6.07, 6.45) is 1.28. The molecule has 0 saturated carbocycles. The maximum absolute atomic E-state index is 3.29. The molecule has 0 amide bonds.